The van der Waals surface area contributed by atoms with E-state index in [2.05, 4.69) is 4.98 Å². The lowest BCUT2D eigenvalue weighted by Gasteiger charge is -2.10. The Labute approximate surface area is 115 Å². The van der Waals surface area contributed by atoms with Crippen LogP contribution in [-0.2, 0) is 7.05 Å². The summed E-state index contributed by atoms with van der Waals surface area (Å²) in [4.78, 5) is 16.3. The maximum Gasteiger partial charge on any atom is 0.213 e. The number of imidazole rings is 1. The zero-order valence-electron chi connectivity index (χ0n) is 10.8. The fourth-order valence-electron chi connectivity index (χ4n) is 1.73. The summed E-state index contributed by atoms with van der Waals surface area (Å²) in [6.45, 7) is 0. The third-order valence-corrected chi connectivity index (χ3v) is 2.91. The number of benzene rings is 1. The summed E-state index contributed by atoms with van der Waals surface area (Å²) in [5, 5.41) is 0.320. The summed E-state index contributed by atoms with van der Waals surface area (Å²) >= 11 is 6.07. The zero-order chi connectivity index (χ0) is 14.0. The number of carbonyl (C=O) groups is 1. The molecule has 0 atom stereocenters. The van der Waals surface area contributed by atoms with Crippen molar-refractivity contribution in [2.75, 3.05) is 14.2 Å². The minimum Gasteiger partial charge on any atom is -0.493 e. The number of nitrogens with zero attached hydrogens (tertiary/aromatic N) is 2. The van der Waals surface area contributed by atoms with Crippen LogP contribution in [0.2, 0.25) is 5.02 Å². The van der Waals surface area contributed by atoms with Crippen molar-refractivity contribution in [3.63, 3.8) is 0 Å². The van der Waals surface area contributed by atoms with Gasteiger partial charge in [0.2, 0.25) is 5.78 Å². The van der Waals surface area contributed by atoms with Gasteiger partial charge in [-0.05, 0) is 12.1 Å². The Hall–Kier alpha value is -2.01. The van der Waals surface area contributed by atoms with Crippen LogP contribution < -0.4 is 9.47 Å². The topological polar surface area (TPSA) is 53.4 Å². The zero-order valence-corrected chi connectivity index (χ0v) is 11.6. The quantitative estimate of drug-likeness (QED) is 0.807. The molecular formula is C13H13ClN2O3. The summed E-state index contributed by atoms with van der Waals surface area (Å²) in [7, 11) is 4.78. The SMILES string of the molecule is COc1cc(C(=O)c2cn(C)cn2)cc(Cl)c1OC. The van der Waals surface area contributed by atoms with E-state index in [9.17, 15) is 4.79 Å². The van der Waals surface area contributed by atoms with Crippen LogP contribution in [0.1, 0.15) is 16.1 Å². The third kappa shape index (κ3) is 2.56. The van der Waals surface area contributed by atoms with Crippen LogP contribution >= 0.6 is 11.6 Å². The molecule has 1 aromatic heterocycles. The molecule has 0 saturated carbocycles. The minimum atomic E-state index is -0.219. The van der Waals surface area contributed by atoms with Crippen LogP contribution in [0.5, 0.6) is 11.5 Å². The lowest BCUT2D eigenvalue weighted by molar-refractivity contribution is 0.103. The fourth-order valence-corrected chi connectivity index (χ4v) is 2.01. The van der Waals surface area contributed by atoms with E-state index in [1.54, 1.807) is 36.3 Å². The number of halogens is 1. The van der Waals surface area contributed by atoms with Gasteiger partial charge in [-0.3, -0.25) is 4.79 Å². The van der Waals surface area contributed by atoms with Crippen LogP contribution in [0.3, 0.4) is 0 Å². The molecule has 2 rings (SSSR count). The molecule has 0 bridgehead atoms. The van der Waals surface area contributed by atoms with Gasteiger partial charge in [0.25, 0.3) is 0 Å². The molecular weight excluding hydrogens is 268 g/mol. The second kappa shape index (κ2) is 5.32. The summed E-state index contributed by atoms with van der Waals surface area (Å²) in [6.07, 6.45) is 3.21. The van der Waals surface area contributed by atoms with Gasteiger partial charge in [0.15, 0.2) is 11.5 Å². The van der Waals surface area contributed by atoms with Gasteiger partial charge in [0.1, 0.15) is 5.69 Å². The van der Waals surface area contributed by atoms with Gasteiger partial charge in [-0.15, -0.1) is 0 Å². The van der Waals surface area contributed by atoms with Gasteiger partial charge in [0, 0.05) is 18.8 Å². The fraction of sp³-hybridized carbons (Fsp3) is 0.231. The summed E-state index contributed by atoms with van der Waals surface area (Å²) < 4.78 is 12.0. The van der Waals surface area contributed by atoms with E-state index >= 15 is 0 Å². The molecule has 6 heteroatoms. The molecule has 0 amide bonds. The van der Waals surface area contributed by atoms with Crippen molar-refractivity contribution in [2.24, 2.45) is 7.05 Å². The van der Waals surface area contributed by atoms with Crippen LogP contribution in [0.15, 0.2) is 24.7 Å². The Kier molecular flexibility index (Phi) is 3.76. The van der Waals surface area contributed by atoms with Crippen molar-refractivity contribution >= 4 is 17.4 Å². The molecule has 0 aliphatic rings. The Morgan fingerprint density at radius 2 is 2.05 bits per heavy atom. The highest BCUT2D eigenvalue weighted by Gasteiger charge is 2.17. The summed E-state index contributed by atoms with van der Waals surface area (Å²) in [6, 6.07) is 3.13. The highest BCUT2D eigenvalue weighted by Crippen LogP contribution is 2.36. The van der Waals surface area contributed by atoms with E-state index in [0.717, 1.165) is 0 Å². The van der Waals surface area contributed by atoms with Gasteiger partial charge < -0.3 is 14.0 Å². The molecule has 1 heterocycles. The van der Waals surface area contributed by atoms with Gasteiger partial charge in [-0.1, -0.05) is 11.6 Å². The molecule has 0 N–H and O–H groups in total. The maximum absolute atomic E-state index is 12.2. The van der Waals surface area contributed by atoms with Gasteiger partial charge in [-0.2, -0.15) is 0 Å². The number of aryl methyl sites for hydroxylation is 1. The molecule has 100 valence electrons. The molecule has 0 aliphatic carbocycles. The van der Waals surface area contributed by atoms with Crippen LogP contribution in [0.25, 0.3) is 0 Å². The van der Waals surface area contributed by atoms with Crippen LogP contribution in [-0.4, -0.2) is 29.6 Å². The van der Waals surface area contributed by atoms with E-state index in [1.165, 1.54) is 14.2 Å². The number of aromatic nitrogens is 2. The summed E-state index contributed by atoms with van der Waals surface area (Å²) in [5.41, 5.74) is 0.757. The van der Waals surface area contributed by atoms with Crippen LogP contribution in [0.4, 0.5) is 0 Å². The minimum absolute atomic E-state index is 0.219. The van der Waals surface area contributed by atoms with Crippen molar-refractivity contribution in [1.29, 1.82) is 0 Å². The summed E-state index contributed by atoms with van der Waals surface area (Å²) in [5.74, 6) is 0.597. The third-order valence-electron chi connectivity index (χ3n) is 2.63. The molecule has 0 aliphatic heterocycles. The second-order valence-electron chi connectivity index (χ2n) is 3.95. The average Bonchev–Trinajstić information content (AvgIpc) is 2.83. The van der Waals surface area contributed by atoms with E-state index < -0.39 is 0 Å². The molecule has 2 aromatic rings. The van der Waals surface area contributed by atoms with E-state index in [1.807, 2.05) is 0 Å². The lowest BCUT2D eigenvalue weighted by atomic mass is 10.1. The maximum atomic E-state index is 12.2. The number of hydrogen-bond donors (Lipinski definition) is 0. The second-order valence-corrected chi connectivity index (χ2v) is 4.35. The van der Waals surface area contributed by atoms with Gasteiger partial charge in [0.05, 0.1) is 25.6 Å². The Morgan fingerprint density at radius 3 is 2.58 bits per heavy atom. The number of ether oxygens (including phenoxy) is 2. The Balaban J connectivity index is 2.46. The van der Waals surface area contributed by atoms with Crippen molar-refractivity contribution in [3.8, 4) is 11.5 Å². The first-order valence-electron chi connectivity index (χ1n) is 5.51. The number of methoxy groups -OCH3 is 2. The van der Waals surface area contributed by atoms with Crippen molar-refractivity contribution < 1.29 is 14.3 Å². The van der Waals surface area contributed by atoms with E-state index in [4.69, 9.17) is 21.1 Å². The standard InChI is InChI=1S/C13H13ClN2O3/c1-16-6-10(15-7-16)12(17)8-4-9(14)13(19-3)11(5-8)18-2/h4-7H,1-3H3. The first-order valence-corrected chi connectivity index (χ1v) is 5.88. The highest BCUT2D eigenvalue weighted by atomic mass is 35.5. The molecule has 0 unspecified atom stereocenters. The number of rotatable bonds is 4. The highest BCUT2D eigenvalue weighted by molar-refractivity contribution is 6.33. The number of carbonyl (C=O) groups excluding carboxylic acids is 1. The molecule has 0 spiro atoms. The molecule has 1 aromatic carbocycles. The van der Waals surface area contributed by atoms with Gasteiger partial charge >= 0.3 is 0 Å². The molecule has 0 radical (unpaired) electrons. The molecule has 0 saturated heterocycles. The Bertz CT molecular complexity index is 622. The number of hydrogen-bond acceptors (Lipinski definition) is 4. The average molecular weight is 281 g/mol. The normalized spacial score (nSPS) is 10.3. The first kappa shape index (κ1) is 13.4. The smallest absolute Gasteiger partial charge is 0.213 e. The molecule has 5 nitrogen and oxygen atoms in total. The van der Waals surface area contributed by atoms with E-state index in [-0.39, 0.29) is 5.78 Å². The number of ketones is 1. The lowest BCUT2D eigenvalue weighted by Crippen LogP contribution is -2.03. The van der Waals surface area contributed by atoms with Gasteiger partial charge in [-0.25, -0.2) is 4.98 Å². The van der Waals surface area contributed by atoms with Crippen LogP contribution in [0, 0.1) is 0 Å². The van der Waals surface area contributed by atoms with Crippen molar-refractivity contribution in [1.82, 2.24) is 9.55 Å². The predicted octanol–water partition coefficient (Wildman–Crippen LogP) is 2.32. The Morgan fingerprint density at radius 1 is 1.32 bits per heavy atom. The predicted molar refractivity (Wildman–Crippen MR) is 71.2 cm³/mol. The first-order chi connectivity index (χ1) is 9.06. The van der Waals surface area contributed by atoms with E-state index in [0.29, 0.717) is 27.8 Å². The monoisotopic (exact) mass is 280 g/mol. The van der Waals surface area contributed by atoms with Crippen molar-refractivity contribution in [3.05, 3.63) is 40.9 Å². The largest absolute Gasteiger partial charge is 0.493 e. The molecule has 19 heavy (non-hydrogen) atoms. The van der Waals surface area contributed by atoms with Crippen molar-refractivity contribution in [2.45, 2.75) is 0 Å². The molecule has 0 fully saturated rings.